The number of halogens is 7. The molecule has 0 aromatic heterocycles. The molecule has 5 rings (SSSR count). The first kappa shape index (κ1) is 24.8. The summed E-state index contributed by atoms with van der Waals surface area (Å²) in [5.41, 5.74) is -1.84. The van der Waals surface area contributed by atoms with Crippen LogP contribution >= 0.6 is 11.6 Å². The third-order valence-corrected chi connectivity index (χ3v) is 6.73. The maximum atomic E-state index is 14.2. The topological polar surface area (TPSA) is 53.6 Å². The summed E-state index contributed by atoms with van der Waals surface area (Å²) in [5.74, 6) is 0.104. The normalized spacial score (nSPS) is 22.6. The number of nitrogens with zero attached hydrogens (tertiary/aromatic N) is 1. The van der Waals surface area contributed by atoms with Crippen molar-refractivity contribution in [2.45, 2.75) is 42.8 Å². The fourth-order valence-corrected chi connectivity index (χ4v) is 4.47. The zero-order chi connectivity index (χ0) is 25.9. The van der Waals surface area contributed by atoms with Gasteiger partial charge in [0.1, 0.15) is 0 Å². The first-order chi connectivity index (χ1) is 16.9. The lowest BCUT2D eigenvalue weighted by Gasteiger charge is -2.39. The third-order valence-electron chi connectivity index (χ3n) is 6.51. The van der Waals surface area contributed by atoms with E-state index in [1.54, 1.807) is 29.2 Å². The summed E-state index contributed by atoms with van der Waals surface area (Å²) in [6, 6.07) is 8.58. The van der Waals surface area contributed by atoms with Crippen molar-refractivity contribution in [2.24, 2.45) is 0 Å². The van der Waals surface area contributed by atoms with Gasteiger partial charge in [0.25, 0.3) is 0 Å². The molecular formula is C24H20ClF6N3O2. The van der Waals surface area contributed by atoms with Crippen LogP contribution in [-0.4, -0.2) is 36.2 Å². The summed E-state index contributed by atoms with van der Waals surface area (Å²) in [4.78, 5) is 18.7. The molecule has 0 bridgehead atoms. The monoisotopic (exact) mass is 531 g/mol. The minimum absolute atomic E-state index is 0.0496. The molecule has 3 aliphatic rings. The molecule has 5 nitrogen and oxygen atoms in total. The van der Waals surface area contributed by atoms with Crippen LogP contribution in [0.25, 0.3) is 5.70 Å². The molecule has 1 aliphatic carbocycles. The molecule has 12 heteroatoms. The number of likely N-dealkylation sites (tertiary alicyclic amines) is 1. The zero-order valence-corrected chi connectivity index (χ0v) is 19.3. The Balaban J connectivity index is 1.37. The van der Waals surface area contributed by atoms with Gasteiger partial charge in [-0.05, 0) is 48.2 Å². The van der Waals surface area contributed by atoms with Crippen LogP contribution in [0, 0.1) is 0 Å². The molecule has 2 fully saturated rings. The van der Waals surface area contributed by atoms with Crippen LogP contribution in [-0.2, 0) is 16.6 Å². The van der Waals surface area contributed by atoms with Crippen LogP contribution in [0.5, 0.6) is 0 Å². The summed E-state index contributed by atoms with van der Waals surface area (Å²) >= 11 is 5.73. The predicted octanol–water partition coefficient (Wildman–Crippen LogP) is 5.96. The van der Waals surface area contributed by atoms with Crippen molar-refractivity contribution in [2.75, 3.05) is 13.1 Å². The lowest BCUT2D eigenvalue weighted by atomic mass is 9.89. The van der Waals surface area contributed by atoms with Gasteiger partial charge in [-0.2, -0.15) is 26.3 Å². The van der Waals surface area contributed by atoms with Gasteiger partial charge in [0.15, 0.2) is 0 Å². The summed E-state index contributed by atoms with van der Waals surface area (Å²) in [6.07, 6.45) is -7.29. The van der Waals surface area contributed by atoms with Crippen LogP contribution in [0.1, 0.15) is 41.0 Å². The maximum Gasteiger partial charge on any atom is 0.428 e. The van der Waals surface area contributed by atoms with Crippen molar-refractivity contribution in [3.05, 3.63) is 75.8 Å². The fourth-order valence-electron chi connectivity index (χ4n) is 4.24. The van der Waals surface area contributed by atoms with Gasteiger partial charge in [-0.3, -0.25) is 10.3 Å². The average molecular weight is 532 g/mol. The Bertz CT molecular complexity index is 1200. The standard InChI is InChI=1S/C24H20ClF6N3O2/c25-18-8-16(7-17(9-18)23(26,27)28)22(24(29,30)31)10-20(33-36-22)14-3-1-13(2-4-14)15-11-34(12-15)21(35)32-19-5-6-19/h1-4,7-10,15,19,33H,5-6,11-12H2,(H,32,35). The number of alkyl halides is 6. The van der Waals surface area contributed by atoms with Gasteiger partial charge in [0.05, 0.1) is 11.3 Å². The Morgan fingerprint density at radius 2 is 1.72 bits per heavy atom. The van der Waals surface area contributed by atoms with Gasteiger partial charge in [0, 0.05) is 35.6 Å². The second-order valence-corrected chi connectivity index (χ2v) is 9.61. The number of nitrogens with one attached hydrogen (secondary N) is 2. The molecule has 192 valence electrons. The van der Waals surface area contributed by atoms with E-state index < -0.39 is 34.1 Å². The van der Waals surface area contributed by atoms with E-state index in [9.17, 15) is 31.1 Å². The van der Waals surface area contributed by atoms with Crippen molar-refractivity contribution in [1.82, 2.24) is 15.7 Å². The molecule has 2 heterocycles. The van der Waals surface area contributed by atoms with E-state index in [1.165, 1.54) is 0 Å². The van der Waals surface area contributed by atoms with Gasteiger partial charge >= 0.3 is 18.4 Å². The number of hydroxylamine groups is 1. The molecule has 2 aromatic carbocycles. The number of rotatable bonds is 4. The number of carbonyl (C=O) groups is 1. The van der Waals surface area contributed by atoms with Crippen molar-refractivity contribution in [1.29, 1.82) is 0 Å². The molecule has 1 saturated heterocycles. The quantitative estimate of drug-likeness (QED) is 0.479. The Hall–Kier alpha value is -2.92. The Morgan fingerprint density at radius 3 is 2.31 bits per heavy atom. The highest BCUT2D eigenvalue weighted by Crippen LogP contribution is 2.49. The summed E-state index contributed by atoms with van der Waals surface area (Å²) in [5, 5.41) is 2.42. The number of urea groups is 1. The highest BCUT2D eigenvalue weighted by atomic mass is 35.5. The molecule has 1 atom stereocenters. The van der Waals surface area contributed by atoms with Gasteiger partial charge in [-0.1, -0.05) is 35.9 Å². The van der Waals surface area contributed by atoms with Crippen molar-refractivity contribution in [3.8, 4) is 0 Å². The molecule has 1 unspecified atom stereocenters. The minimum atomic E-state index is -5.09. The van der Waals surface area contributed by atoms with Crippen LogP contribution in [0.15, 0.2) is 48.5 Å². The van der Waals surface area contributed by atoms with Gasteiger partial charge < -0.3 is 10.2 Å². The van der Waals surface area contributed by atoms with E-state index in [-0.39, 0.29) is 23.7 Å². The molecule has 0 spiro atoms. The second kappa shape index (κ2) is 8.58. The van der Waals surface area contributed by atoms with Crippen molar-refractivity contribution < 1.29 is 36.0 Å². The summed E-state index contributed by atoms with van der Waals surface area (Å²) in [7, 11) is 0. The van der Waals surface area contributed by atoms with Crippen molar-refractivity contribution >= 4 is 23.3 Å². The number of hydrogen-bond acceptors (Lipinski definition) is 3. The van der Waals surface area contributed by atoms with E-state index in [0.717, 1.165) is 24.5 Å². The zero-order valence-electron chi connectivity index (χ0n) is 18.5. The Labute approximate surface area is 207 Å². The maximum absolute atomic E-state index is 14.2. The first-order valence-electron chi connectivity index (χ1n) is 11.1. The first-order valence-corrected chi connectivity index (χ1v) is 11.5. The molecule has 2 N–H and O–H groups in total. The number of hydrogen-bond donors (Lipinski definition) is 2. The number of amides is 2. The molecule has 0 radical (unpaired) electrons. The second-order valence-electron chi connectivity index (χ2n) is 9.17. The van der Waals surface area contributed by atoms with E-state index >= 15 is 0 Å². The SMILES string of the molecule is O=C(NC1CC1)N1CC(c2ccc(C3=CC(c4cc(Cl)cc(C(F)(F)F)c4)(C(F)(F)F)ON3)cc2)C1. The highest BCUT2D eigenvalue weighted by Gasteiger charge is 2.60. The molecule has 36 heavy (non-hydrogen) atoms. The smallest absolute Gasteiger partial charge is 0.335 e. The molecule has 2 aromatic rings. The van der Waals surface area contributed by atoms with Crippen LogP contribution < -0.4 is 10.8 Å². The van der Waals surface area contributed by atoms with Gasteiger partial charge in [0.2, 0.25) is 5.60 Å². The van der Waals surface area contributed by atoms with Crippen LogP contribution in [0.2, 0.25) is 5.02 Å². The molecule has 2 aliphatic heterocycles. The van der Waals surface area contributed by atoms with E-state index in [4.69, 9.17) is 16.4 Å². The van der Waals surface area contributed by atoms with Crippen LogP contribution in [0.4, 0.5) is 31.1 Å². The molecular weight excluding hydrogens is 512 g/mol. The highest BCUT2D eigenvalue weighted by molar-refractivity contribution is 6.30. The summed E-state index contributed by atoms with van der Waals surface area (Å²) in [6.45, 7) is 1.07. The van der Waals surface area contributed by atoms with Crippen LogP contribution in [0.3, 0.4) is 0 Å². The van der Waals surface area contributed by atoms with E-state index in [0.29, 0.717) is 36.9 Å². The number of carbonyl (C=O) groups excluding carboxylic acids is 1. The van der Waals surface area contributed by atoms with E-state index in [2.05, 4.69) is 10.8 Å². The molecule has 2 amide bonds. The molecule has 1 saturated carbocycles. The Kier molecular flexibility index (Phi) is 5.90. The summed E-state index contributed by atoms with van der Waals surface area (Å²) < 4.78 is 82.2. The Morgan fingerprint density at radius 1 is 1.06 bits per heavy atom. The van der Waals surface area contributed by atoms with Gasteiger partial charge in [-0.25, -0.2) is 4.79 Å². The average Bonchev–Trinajstić information content (AvgIpc) is 3.44. The lowest BCUT2D eigenvalue weighted by molar-refractivity contribution is -0.269. The third kappa shape index (κ3) is 4.61. The predicted molar refractivity (Wildman–Crippen MR) is 119 cm³/mol. The largest absolute Gasteiger partial charge is 0.428 e. The lowest BCUT2D eigenvalue weighted by Crippen LogP contribution is -2.52. The van der Waals surface area contributed by atoms with E-state index in [1.807, 2.05) is 0 Å². The fraction of sp³-hybridized carbons (Fsp3) is 0.375. The van der Waals surface area contributed by atoms with Crippen molar-refractivity contribution in [3.63, 3.8) is 0 Å². The minimum Gasteiger partial charge on any atom is -0.335 e. The van der Waals surface area contributed by atoms with Gasteiger partial charge in [-0.15, -0.1) is 0 Å². The number of benzene rings is 2.